The van der Waals surface area contributed by atoms with Crippen molar-refractivity contribution in [2.45, 2.75) is 6.42 Å². The van der Waals surface area contributed by atoms with Crippen LogP contribution in [0.5, 0.6) is 0 Å². The van der Waals surface area contributed by atoms with Gasteiger partial charge in [0.05, 0.1) is 5.33 Å². The summed E-state index contributed by atoms with van der Waals surface area (Å²) in [4.78, 5) is 21.7. The highest BCUT2D eigenvalue weighted by Crippen LogP contribution is 2.18. The van der Waals surface area contributed by atoms with Crippen LogP contribution in [-0.4, -0.2) is 22.2 Å². The normalized spacial score (nSPS) is 10.7. The zero-order chi connectivity index (χ0) is 12.8. The molecule has 0 atom stereocenters. The first-order valence-electron chi connectivity index (χ1n) is 4.79. The van der Waals surface area contributed by atoms with Crippen molar-refractivity contribution in [3.8, 4) is 0 Å². The summed E-state index contributed by atoms with van der Waals surface area (Å²) in [6, 6.07) is 5.44. The van der Waals surface area contributed by atoms with Crippen molar-refractivity contribution in [3.05, 3.63) is 39.9 Å². The minimum Gasteiger partial charge on any atom is -0.478 e. The number of hydrogen-bond donors (Lipinski definition) is 1. The van der Waals surface area contributed by atoms with E-state index in [4.69, 9.17) is 5.11 Å². The van der Waals surface area contributed by atoms with Crippen molar-refractivity contribution in [2.24, 2.45) is 0 Å². The minimum absolute atomic E-state index is 0.0799. The molecular formula is C12H10Br2O3. The highest BCUT2D eigenvalue weighted by atomic mass is 79.9. The monoisotopic (exact) mass is 360 g/mol. The number of ketones is 1. The largest absolute Gasteiger partial charge is 0.478 e. The molecule has 0 radical (unpaired) electrons. The van der Waals surface area contributed by atoms with Gasteiger partial charge < -0.3 is 5.11 Å². The summed E-state index contributed by atoms with van der Waals surface area (Å²) in [6.45, 7) is 0. The molecular weight excluding hydrogens is 352 g/mol. The fourth-order valence-electron chi connectivity index (χ4n) is 1.32. The molecule has 1 aromatic carbocycles. The molecule has 17 heavy (non-hydrogen) atoms. The van der Waals surface area contributed by atoms with Crippen LogP contribution in [0.3, 0.4) is 0 Å². The molecule has 0 spiro atoms. The van der Waals surface area contributed by atoms with E-state index in [1.807, 2.05) is 6.07 Å². The zero-order valence-electron chi connectivity index (χ0n) is 8.82. The lowest BCUT2D eigenvalue weighted by atomic mass is 10.1. The molecule has 1 N–H and O–H groups in total. The van der Waals surface area contributed by atoms with E-state index in [0.29, 0.717) is 11.8 Å². The maximum atomic E-state index is 11.3. The van der Waals surface area contributed by atoms with Crippen molar-refractivity contribution < 1.29 is 14.7 Å². The van der Waals surface area contributed by atoms with E-state index in [9.17, 15) is 9.59 Å². The van der Waals surface area contributed by atoms with Gasteiger partial charge in [-0.3, -0.25) is 4.79 Å². The highest BCUT2D eigenvalue weighted by Gasteiger charge is 2.04. The van der Waals surface area contributed by atoms with Crippen LogP contribution in [0.4, 0.5) is 0 Å². The Kier molecular flexibility index (Phi) is 5.58. The average Bonchev–Trinajstić information content (AvgIpc) is 2.25. The molecule has 0 saturated heterocycles. The summed E-state index contributed by atoms with van der Waals surface area (Å²) in [6.07, 6.45) is 2.89. The van der Waals surface area contributed by atoms with Gasteiger partial charge in [0.2, 0.25) is 0 Å². The van der Waals surface area contributed by atoms with E-state index in [0.717, 1.165) is 21.7 Å². The van der Waals surface area contributed by atoms with Gasteiger partial charge in [0.1, 0.15) is 5.78 Å². The molecule has 1 aromatic rings. The number of Topliss-reactive ketones (excluding diaryl/α,β-unsaturated/α-hetero) is 1. The van der Waals surface area contributed by atoms with Gasteiger partial charge in [0, 0.05) is 17.0 Å². The number of rotatable bonds is 5. The minimum atomic E-state index is -0.997. The Balaban J connectivity index is 2.94. The fraction of sp³-hybridized carbons (Fsp3) is 0.167. The van der Waals surface area contributed by atoms with E-state index in [2.05, 4.69) is 31.9 Å². The molecule has 0 saturated carbocycles. The van der Waals surface area contributed by atoms with Crippen LogP contribution in [0.2, 0.25) is 0 Å². The van der Waals surface area contributed by atoms with Crippen LogP contribution >= 0.6 is 31.9 Å². The molecule has 0 bridgehead atoms. The lowest BCUT2D eigenvalue weighted by Gasteiger charge is -2.02. The van der Waals surface area contributed by atoms with Gasteiger partial charge in [-0.1, -0.05) is 37.9 Å². The summed E-state index contributed by atoms with van der Waals surface area (Å²) in [7, 11) is 0. The zero-order valence-corrected chi connectivity index (χ0v) is 12.0. The quantitative estimate of drug-likeness (QED) is 0.647. The van der Waals surface area contributed by atoms with Gasteiger partial charge in [-0.05, 0) is 29.3 Å². The molecule has 0 aliphatic heterocycles. The molecule has 5 heteroatoms. The van der Waals surface area contributed by atoms with Gasteiger partial charge >= 0.3 is 5.97 Å². The Morgan fingerprint density at radius 2 is 2.00 bits per heavy atom. The number of aliphatic carboxylic acids is 1. The first kappa shape index (κ1) is 14.1. The Morgan fingerprint density at radius 1 is 1.29 bits per heavy atom. The van der Waals surface area contributed by atoms with E-state index >= 15 is 0 Å². The van der Waals surface area contributed by atoms with Crippen molar-refractivity contribution in [2.75, 3.05) is 5.33 Å². The van der Waals surface area contributed by atoms with E-state index in [-0.39, 0.29) is 5.78 Å². The Morgan fingerprint density at radius 3 is 2.59 bits per heavy atom. The maximum absolute atomic E-state index is 11.3. The summed E-state index contributed by atoms with van der Waals surface area (Å²) in [5.41, 5.74) is 1.60. The standard InChI is InChI=1S/C12H10Br2O3/c13-7-11(15)6-9-3-8(1-2-12(16)17)4-10(14)5-9/h1-5H,6-7H2,(H,16,17)/b2-1+. The second-order valence-corrected chi connectivity index (χ2v) is 4.89. The van der Waals surface area contributed by atoms with E-state index in [1.54, 1.807) is 12.1 Å². The summed E-state index contributed by atoms with van der Waals surface area (Å²) >= 11 is 6.43. The van der Waals surface area contributed by atoms with Gasteiger partial charge in [-0.25, -0.2) is 4.79 Å². The predicted octanol–water partition coefficient (Wildman–Crippen LogP) is 3.05. The number of carboxylic acids is 1. The lowest BCUT2D eigenvalue weighted by Crippen LogP contribution is -2.03. The Labute approximate surface area is 116 Å². The van der Waals surface area contributed by atoms with E-state index in [1.165, 1.54) is 6.08 Å². The first-order valence-corrected chi connectivity index (χ1v) is 6.71. The Bertz CT molecular complexity index is 467. The van der Waals surface area contributed by atoms with Crippen molar-refractivity contribution in [1.82, 2.24) is 0 Å². The smallest absolute Gasteiger partial charge is 0.328 e. The molecule has 1 rings (SSSR count). The SMILES string of the molecule is O=C(O)/C=C/c1cc(Br)cc(CC(=O)CBr)c1. The van der Waals surface area contributed by atoms with Gasteiger partial charge in [0.25, 0.3) is 0 Å². The second kappa shape index (κ2) is 6.71. The highest BCUT2D eigenvalue weighted by molar-refractivity contribution is 9.10. The molecule has 0 unspecified atom stereocenters. The molecule has 0 aliphatic rings. The lowest BCUT2D eigenvalue weighted by molar-refractivity contribution is -0.131. The third kappa shape index (κ3) is 5.28. The number of halogens is 2. The average molecular weight is 362 g/mol. The third-order valence-corrected chi connectivity index (χ3v) is 3.03. The van der Waals surface area contributed by atoms with Crippen LogP contribution in [0, 0.1) is 0 Å². The molecule has 3 nitrogen and oxygen atoms in total. The number of hydrogen-bond acceptors (Lipinski definition) is 2. The first-order chi connectivity index (χ1) is 8.01. The van der Waals surface area contributed by atoms with Crippen molar-refractivity contribution >= 4 is 49.7 Å². The molecule has 90 valence electrons. The summed E-state index contributed by atoms with van der Waals surface area (Å²) in [5, 5.41) is 8.86. The Hall–Kier alpha value is -0.940. The molecule has 0 aliphatic carbocycles. The molecule has 0 fully saturated rings. The van der Waals surface area contributed by atoms with Crippen LogP contribution in [-0.2, 0) is 16.0 Å². The fourth-order valence-corrected chi connectivity index (χ4v) is 2.07. The van der Waals surface area contributed by atoms with Gasteiger partial charge in [-0.2, -0.15) is 0 Å². The number of benzene rings is 1. The number of carbonyl (C=O) groups is 2. The van der Waals surface area contributed by atoms with Crippen LogP contribution in [0.15, 0.2) is 28.7 Å². The van der Waals surface area contributed by atoms with Gasteiger partial charge in [-0.15, -0.1) is 0 Å². The molecule has 0 heterocycles. The van der Waals surface area contributed by atoms with Gasteiger partial charge in [0.15, 0.2) is 0 Å². The van der Waals surface area contributed by atoms with Crippen molar-refractivity contribution in [3.63, 3.8) is 0 Å². The van der Waals surface area contributed by atoms with Crippen molar-refractivity contribution in [1.29, 1.82) is 0 Å². The predicted molar refractivity (Wildman–Crippen MR) is 73.3 cm³/mol. The third-order valence-electron chi connectivity index (χ3n) is 1.95. The number of carbonyl (C=O) groups excluding carboxylic acids is 1. The summed E-state index contributed by atoms with van der Waals surface area (Å²) in [5.74, 6) is -0.917. The summed E-state index contributed by atoms with van der Waals surface area (Å²) < 4.78 is 0.822. The number of carboxylic acid groups (broad SMARTS) is 1. The van der Waals surface area contributed by atoms with Crippen LogP contribution < -0.4 is 0 Å². The van der Waals surface area contributed by atoms with Crippen LogP contribution in [0.25, 0.3) is 6.08 Å². The second-order valence-electron chi connectivity index (χ2n) is 3.41. The molecule has 0 amide bonds. The maximum Gasteiger partial charge on any atom is 0.328 e. The number of alkyl halides is 1. The topological polar surface area (TPSA) is 54.4 Å². The van der Waals surface area contributed by atoms with Crippen LogP contribution in [0.1, 0.15) is 11.1 Å². The van der Waals surface area contributed by atoms with E-state index < -0.39 is 5.97 Å². The molecule has 0 aromatic heterocycles.